The highest BCUT2D eigenvalue weighted by Crippen LogP contribution is 2.20. The molecule has 0 radical (unpaired) electrons. The Morgan fingerprint density at radius 1 is 1.35 bits per heavy atom. The van der Waals surface area contributed by atoms with E-state index in [1.54, 1.807) is 23.9 Å². The summed E-state index contributed by atoms with van der Waals surface area (Å²) in [6.45, 7) is 2.13. The van der Waals surface area contributed by atoms with Crippen molar-refractivity contribution >= 4 is 23.6 Å². The molecule has 2 heterocycles. The van der Waals surface area contributed by atoms with Crippen LogP contribution in [0.3, 0.4) is 0 Å². The monoisotopic (exact) mass is 335 g/mol. The zero-order chi connectivity index (χ0) is 16.2. The second-order valence-electron chi connectivity index (χ2n) is 5.96. The second kappa shape index (κ2) is 7.23. The van der Waals surface area contributed by atoms with Crippen LogP contribution in [0, 0.1) is 5.92 Å². The molecule has 0 saturated carbocycles. The van der Waals surface area contributed by atoms with Crippen molar-refractivity contribution in [2.24, 2.45) is 5.92 Å². The number of benzene rings is 1. The third-order valence-corrected chi connectivity index (χ3v) is 5.23. The molecule has 2 amide bonds. The lowest BCUT2D eigenvalue weighted by molar-refractivity contribution is -0.131. The number of aromatic hydroxyl groups is 1. The number of thioether (sulfide) groups is 1. The Morgan fingerprint density at radius 2 is 2.13 bits per heavy atom. The minimum atomic E-state index is -0.157. The van der Waals surface area contributed by atoms with Crippen molar-refractivity contribution < 1.29 is 14.7 Å². The topological polar surface area (TPSA) is 81.7 Å². The quantitative estimate of drug-likeness (QED) is 0.752. The van der Waals surface area contributed by atoms with Crippen LogP contribution >= 0.6 is 11.8 Å². The summed E-state index contributed by atoms with van der Waals surface area (Å²) in [5.74, 6) is 2.24. The molecular formula is C16H21N3O3S. The molecule has 0 aromatic heterocycles. The van der Waals surface area contributed by atoms with Gasteiger partial charge in [0.25, 0.3) is 5.91 Å². The van der Waals surface area contributed by atoms with Gasteiger partial charge in [0.2, 0.25) is 5.91 Å². The zero-order valence-electron chi connectivity index (χ0n) is 12.8. The van der Waals surface area contributed by atoms with E-state index in [0.29, 0.717) is 12.1 Å². The van der Waals surface area contributed by atoms with E-state index in [1.807, 2.05) is 4.90 Å². The summed E-state index contributed by atoms with van der Waals surface area (Å²) in [7, 11) is 0. The van der Waals surface area contributed by atoms with Crippen LogP contribution in [0.4, 0.5) is 0 Å². The SMILES string of the molecule is O=C(NCC1CNC(C(=O)N2CCSC2)C1)c1ccc(O)cc1. The molecule has 2 unspecified atom stereocenters. The highest BCUT2D eigenvalue weighted by Gasteiger charge is 2.33. The molecule has 0 bridgehead atoms. The molecule has 2 aliphatic heterocycles. The van der Waals surface area contributed by atoms with Crippen molar-refractivity contribution in [2.45, 2.75) is 12.5 Å². The van der Waals surface area contributed by atoms with Gasteiger partial charge in [0, 0.05) is 31.0 Å². The van der Waals surface area contributed by atoms with Crippen molar-refractivity contribution in [3.05, 3.63) is 29.8 Å². The summed E-state index contributed by atoms with van der Waals surface area (Å²) < 4.78 is 0. The Balaban J connectivity index is 1.45. The van der Waals surface area contributed by atoms with E-state index in [4.69, 9.17) is 0 Å². The van der Waals surface area contributed by atoms with Crippen LogP contribution in [0.15, 0.2) is 24.3 Å². The van der Waals surface area contributed by atoms with Gasteiger partial charge in [-0.3, -0.25) is 9.59 Å². The Morgan fingerprint density at radius 3 is 2.83 bits per heavy atom. The van der Waals surface area contributed by atoms with Gasteiger partial charge in [-0.1, -0.05) is 0 Å². The molecule has 0 spiro atoms. The third-order valence-electron chi connectivity index (χ3n) is 4.27. The molecule has 1 aromatic carbocycles. The van der Waals surface area contributed by atoms with Gasteiger partial charge in [0.1, 0.15) is 5.75 Å². The van der Waals surface area contributed by atoms with Crippen molar-refractivity contribution in [2.75, 3.05) is 31.3 Å². The number of carbonyl (C=O) groups is 2. The van der Waals surface area contributed by atoms with E-state index in [2.05, 4.69) is 10.6 Å². The summed E-state index contributed by atoms with van der Waals surface area (Å²) in [6, 6.07) is 6.05. The first-order valence-corrected chi connectivity index (χ1v) is 8.96. The van der Waals surface area contributed by atoms with E-state index < -0.39 is 0 Å². The van der Waals surface area contributed by atoms with Gasteiger partial charge in [-0.15, -0.1) is 11.8 Å². The zero-order valence-corrected chi connectivity index (χ0v) is 13.6. The van der Waals surface area contributed by atoms with Gasteiger partial charge in [-0.25, -0.2) is 0 Å². The Bertz CT molecular complexity index is 572. The molecular weight excluding hydrogens is 314 g/mol. The third kappa shape index (κ3) is 3.97. The van der Waals surface area contributed by atoms with E-state index >= 15 is 0 Å². The largest absolute Gasteiger partial charge is 0.508 e. The lowest BCUT2D eigenvalue weighted by Crippen LogP contribution is -2.42. The number of nitrogens with one attached hydrogen (secondary N) is 2. The molecule has 7 heteroatoms. The highest BCUT2D eigenvalue weighted by atomic mass is 32.2. The lowest BCUT2D eigenvalue weighted by Gasteiger charge is -2.19. The molecule has 3 N–H and O–H groups in total. The van der Waals surface area contributed by atoms with Crippen LogP contribution in [-0.2, 0) is 4.79 Å². The molecule has 3 rings (SSSR count). The first-order chi connectivity index (χ1) is 11.1. The first-order valence-electron chi connectivity index (χ1n) is 7.80. The van der Waals surface area contributed by atoms with Gasteiger partial charge >= 0.3 is 0 Å². The number of amides is 2. The number of rotatable bonds is 4. The number of phenolic OH excluding ortho intramolecular Hbond substituents is 1. The standard InChI is InChI=1S/C16H21N3O3S/c20-13-3-1-12(2-4-13)15(21)18-9-11-7-14(17-8-11)16(22)19-5-6-23-10-19/h1-4,11,14,17,20H,5-10H2,(H,18,21). The maximum atomic E-state index is 12.3. The van der Waals surface area contributed by atoms with Gasteiger partial charge in [0.05, 0.1) is 11.9 Å². The Labute approximate surface area is 139 Å². The number of phenols is 1. The highest BCUT2D eigenvalue weighted by molar-refractivity contribution is 7.99. The van der Waals surface area contributed by atoms with Crippen molar-refractivity contribution in [1.29, 1.82) is 0 Å². The van der Waals surface area contributed by atoms with Crippen LogP contribution in [-0.4, -0.2) is 59.1 Å². The number of hydrogen-bond acceptors (Lipinski definition) is 5. The Kier molecular flexibility index (Phi) is 5.07. The number of nitrogens with zero attached hydrogens (tertiary/aromatic N) is 1. The van der Waals surface area contributed by atoms with E-state index in [0.717, 1.165) is 31.1 Å². The smallest absolute Gasteiger partial charge is 0.251 e. The molecule has 1 aromatic rings. The van der Waals surface area contributed by atoms with Crippen LogP contribution < -0.4 is 10.6 Å². The molecule has 2 atom stereocenters. The van der Waals surface area contributed by atoms with Crippen molar-refractivity contribution in [3.63, 3.8) is 0 Å². The first kappa shape index (κ1) is 16.1. The maximum absolute atomic E-state index is 12.3. The minimum absolute atomic E-state index is 0.121. The number of hydrogen-bond donors (Lipinski definition) is 3. The lowest BCUT2D eigenvalue weighted by atomic mass is 10.0. The van der Waals surface area contributed by atoms with Gasteiger partial charge in [-0.2, -0.15) is 0 Å². The molecule has 124 valence electrons. The van der Waals surface area contributed by atoms with E-state index in [-0.39, 0.29) is 29.5 Å². The summed E-state index contributed by atoms with van der Waals surface area (Å²) >= 11 is 1.79. The predicted molar refractivity (Wildman–Crippen MR) is 89.4 cm³/mol. The molecule has 2 aliphatic rings. The summed E-state index contributed by atoms with van der Waals surface area (Å²) in [4.78, 5) is 26.3. The molecule has 6 nitrogen and oxygen atoms in total. The van der Waals surface area contributed by atoms with Crippen LogP contribution in [0.1, 0.15) is 16.8 Å². The fraction of sp³-hybridized carbons (Fsp3) is 0.500. The van der Waals surface area contributed by atoms with E-state index in [9.17, 15) is 14.7 Å². The number of carbonyl (C=O) groups excluding carboxylic acids is 2. The maximum Gasteiger partial charge on any atom is 0.251 e. The summed E-state index contributed by atoms with van der Waals surface area (Å²) in [6.07, 6.45) is 0.760. The Hall–Kier alpha value is -1.73. The molecule has 2 saturated heterocycles. The second-order valence-corrected chi connectivity index (χ2v) is 7.03. The average molecular weight is 335 g/mol. The van der Waals surface area contributed by atoms with Crippen molar-refractivity contribution in [1.82, 2.24) is 15.5 Å². The molecule has 0 aliphatic carbocycles. The van der Waals surface area contributed by atoms with Crippen LogP contribution in [0.25, 0.3) is 0 Å². The summed E-state index contributed by atoms with van der Waals surface area (Å²) in [5, 5.41) is 15.4. The fourth-order valence-corrected chi connectivity index (χ4v) is 3.87. The minimum Gasteiger partial charge on any atom is -0.508 e. The van der Waals surface area contributed by atoms with Gasteiger partial charge in [0.15, 0.2) is 0 Å². The van der Waals surface area contributed by atoms with Crippen LogP contribution in [0.2, 0.25) is 0 Å². The molecule has 23 heavy (non-hydrogen) atoms. The molecule has 2 fully saturated rings. The normalized spacial score (nSPS) is 23.9. The van der Waals surface area contributed by atoms with Crippen LogP contribution in [0.5, 0.6) is 5.75 Å². The van der Waals surface area contributed by atoms with E-state index in [1.165, 1.54) is 12.1 Å². The van der Waals surface area contributed by atoms with Crippen molar-refractivity contribution in [3.8, 4) is 5.75 Å². The average Bonchev–Trinajstić information content (AvgIpc) is 3.24. The van der Waals surface area contributed by atoms with Gasteiger partial charge in [-0.05, 0) is 36.6 Å². The summed E-state index contributed by atoms with van der Waals surface area (Å²) in [5.41, 5.74) is 0.524. The van der Waals surface area contributed by atoms with Gasteiger partial charge < -0.3 is 20.6 Å². The predicted octanol–water partition coefficient (Wildman–Crippen LogP) is 0.633. The fourth-order valence-electron chi connectivity index (χ4n) is 2.91.